The van der Waals surface area contributed by atoms with Gasteiger partial charge in [-0.25, -0.2) is 9.97 Å². The molecule has 0 radical (unpaired) electrons. The van der Waals surface area contributed by atoms with E-state index in [1.54, 1.807) is 6.07 Å². The van der Waals surface area contributed by atoms with Gasteiger partial charge in [0, 0.05) is 33.2 Å². The quantitative estimate of drug-likeness (QED) is 0.205. The van der Waals surface area contributed by atoms with Gasteiger partial charge in [0.1, 0.15) is 0 Å². The smallest absolute Gasteiger partial charge is 0.160 e. The van der Waals surface area contributed by atoms with Gasteiger partial charge >= 0.3 is 0 Å². The molecule has 0 aliphatic rings. The van der Waals surface area contributed by atoms with Gasteiger partial charge < -0.3 is 4.57 Å². The van der Waals surface area contributed by atoms with Crippen molar-refractivity contribution < 1.29 is 0 Å². The van der Waals surface area contributed by atoms with Gasteiger partial charge in [0.2, 0.25) is 0 Å². The Morgan fingerprint density at radius 1 is 0.444 bits per heavy atom. The Labute approximate surface area is 261 Å². The standard InChI is InChI=1S/C41H26N4/c42-27-28-10-9-13-33(24-28)38-26-37(43-41(44-38)31-11-3-1-4-12-31)30-20-18-29(19-21-30)32-22-23-40-36(25-32)35-16-7-8-17-39(35)45(40)34-14-5-2-6-15-34/h1-26H. The highest BCUT2D eigenvalue weighted by Crippen LogP contribution is 2.35. The van der Waals surface area contributed by atoms with Crippen molar-refractivity contribution in [2.75, 3.05) is 0 Å². The molecular formula is C41H26N4. The molecule has 8 rings (SSSR count). The lowest BCUT2D eigenvalue weighted by molar-refractivity contribution is 1.18. The van der Waals surface area contributed by atoms with Crippen molar-refractivity contribution in [2.24, 2.45) is 0 Å². The third-order valence-corrected chi connectivity index (χ3v) is 8.25. The second kappa shape index (κ2) is 11.1. The number of para-hydroxylation sites is 2. The molecule has 0 spiro atoms. The van der Waals surface area contributed by atoms with Crippen LogP contribution < -0.4 is 0 Å². The van der Waals surface area contributed by atoms with Gasteiger partial charge in [-0.3, -0.25) is 0 Å². The second-order valence-corrected chi connectivity index (χ2v) is 11.0. The zero-order valence-corrected chi connectivity index (χ0v) is 24.3. The minimum absolute atomic E-state index is 0.599. The minimum Gasteiger partial charge on any atom is -0.309 e. The molecule has 45 heavy (non-hydrogen) atoms. The van der Waals surface area contributed by atoms with Gasteiger partial charge in [0.25, 0.3) is 0 Å². The van der Waals surface area contributed by atoms with Gasteiger partial charge in [0.15, 0.2) is 5.82 Å². The van der Waals surface area contributed by atoms with E-state index in [2.05, 4.69) is 108 Å². The molecule has 0 aliphatic heterocycles. The van der Waals surface area contributed by atoms with Gasteiger partial charge in [0.05, 0.1) is 34.1 Å². The molecule has 0 amide bonds. The monoisotopic (exact) mass is 574 g/mol. The van der Waals surface area contributed by atoms with Gasteiger partial charge in [-0.15, -0.1) is 0 Å². The lowest BCUT2D eigenvalue weighted by Gasteiger charge is -2.11. The number of aromatic nitrogens is 3. The molecule has 4 nitrogen and oxygen atoms in total. The van der Waals surface area contributed by atoms with E-state index in [1.807, 2.05) is 54.6 Å². The van der Waals surface area contributed by atoms with Crippen molar-refractivity contribution in [3.05, 3.63) is 163 Å². The molecule has 0 saturated heterocycles. The van der Waals surface area contributed by atoms with Gasteiger partial charge in [-0.05, 0) is 59.7 Å². The van der Waals surface area contributed by atoms with E-state index in [-0.39, 0.29) is 0 Å². The fourth-order valence-corrected chi connectivity index (χ4v) is 6.05. The fourth-order valence-electron chi connectivity index (χ4n) is 6.05. The molecule has 0 unspecified atom stereocenters. The third-order valence-electron chi connectivity index (χ3n) is 8.25. The molecule has 4 heteroatoms. The van der Waals surface area contributed by atoms with Gasteiger partial charge in [-0.1, -0.05) is 109 Å². The van der Waals surface area contributed by atoms with Crippen LogP contribution in [0.1, 0.15) is 5.56 Å². The van der Waals surface area contributed by atoms with Crippen molar-refractivity contribution in [3.8, 4) is 56.8 Å². The molecule has 0 saturated carbocycles. The largest absolute Gasteiger partial charge is 0.309 e. The summed E-state index contributed by atoms with van der Waals surface area (Å²) in [5.41, 5.74) is 10.9. The number of benzene rings is 6. The Kier molecular flexibility index (Phi) is 6.48. The lowest BCUT2D eigenvalue weighted by atomic mass is 10.00. The predicted octanol–water partition coefficient (Wildman–Crippen LogP) is 10.1. The highest BCUT2D eigenvalue weighted by molar-refractivity contribution is 6.10. The molecule has 2 aromatic heterocycles. The Bertz CT molecular complexity index is 2360. The summed E-state index contributed by atoms with van der Waals surface area (Å²) in [5.74, 6) is 0.648. The molecule has 210 valence electrons. The second-order valence-electron chi connectivity index (χ2n) is 11.0. The number of hydrogen-bond donors (Lipinski definition) is 0. The maximum atomic E-state index is 9.47. The maximum absolute atomic E-state index is 9.47. The van der Waals surface area contributed by atoms with Crippen LogP contribution in [0.15, 0.2) is 158 Å². The van der Waals surface area contributed by atoms with Crippen LogP contribution in [0, 0.1) is 11.3 Å². The summed E-state index contributed by atoms with van der Waals surface area (Å²) in [5, 5.41) is 11.9. The SMILES string of the molecule is N#Cc1cccc(-c2cc(-c3ccc(-c4ccc5c(c4)c4ccccc4n5-c4ccccc4)cc3)nc(-c3ccccc3)n2)c1. The molecule has 0 fully saturated rings. The van der Waals surface area contributed by atoms with Crippen LogP contribution in [0.4, 0.5) is 0 Å². The summed E-state index contributed by atoms with van der Waals surface area (Å²) in [6.07, 6.45) is 0. The molecule has 8 aromatic rings. The molecule has 0 bridgehead atoms. The first kappa shape index (κ1) is 26.3. The Morgan fingerprint density at radius 2 is 1.07 bits per heavy atom. The van der Waals surface area contributed by atoms with E-state index in [0.29, 0.717) is 11.4 Å². The number of hydrogen-bond acceptors (Lipinski definition) is 3. The summed E-state index contributed by atoms with van der Waals surface area (Å²) >= 11 is 0. The summed E-state index contributed by atoms with van der Waals surface area (Å²) in [4.78, 5) is 9.87. The number of rotatable bonds is 5. The van der Waals surface area contributed by atoms with Crippen LogP contribution in [0.25, 0.3) is 72.5 Å². The number of nitriles is 1. The summed E-state index contributed by atoms with van der Waals surface area (Å²) < 4.78 is 2.33. The number of fused-ring (bicyclic) bond motifs is 3. The molecule has 0 atom stereocenters. The van der Waals surface area contributed by atoms with Crippen molar-refractivity contribution in [1.29, 1.82) is 5.26 Å². The van der Waals surface area contributed by atoms with Crippen LogP contribution in [0.2, 0.25) is 0 Å². The first-order valence-corrected chi connectivity index (χ1v) is 14.9. The Hall–Kier alpha value is -6.31. The summed E-state index contributed by atoms with van der Waals surface area (Å²) in [7, 11) is 0. The summed E-state index contributed by atoms with van der Waals surface area (Å²) in [6, 6.07) is 56.2. The van der Waals surface area contributed by atoms with Crippen LogP contribution in [0.5, 0.6) is 0 Å². The van der Waals surface area contributed by atoms with Crippen LogP contribution >= 0.6 is 0 Å². The van der Waals surface area contributed by atoms with Crippen molar-refractivity contribution in [1.82, 2.24) is 14.5 Å². The predicted molar refractivity (Wildman–Crippen MR) is 183 cm³/mol. The van der Waals surface area contributed by atoms with E-state index < -0.39 is 0 Å². The highest BCUT2D eigenvalue weighted by atomic mass is 15.0. The van der Waals surface area contributed by atoms with Gasteiger partial charge in [-0.2, -0.15) is 5.26 Å². The zero-order chi connectivity index (χ0) is 30.2. The molecule has 0 aliphatic carbocycles. The first-order valence-electron chi connectivity index (χ1n) is 14.9. The van der Waals surface area contributed by atoms with E-state index in [0.717, 1.165) is 44.9 Å². The third kappa shape index (κ3) is 4.83. The fraction of sp³-hybridized carbons (Fsp3) is 0. The Balaban J connectivity index is 1.21. The lowest BCUT2D eigenvalue weighted by Crippen LogP contribution is -1.96. The Morgan fingerprint density at radius 3 is 1.84 bits per heavy atom. The number of nitrogens with zero attached hydrogens (tertiary/aromatic N) is 4. The maximum Gasteiger partial charge on any atom is 0.160 e. The van der Waals surface area contributed by atoms with Crippen LogP contribution in [-0.4, -0.2) is 14.5 Å². The minimum atomic E-state index is 0.599. The molecular weight excluding hydrogens is 548 g/mol. The summed E-state index contributed by atoms with van der Waals surface area (Å²) in [6.45, 7) is 0. The van der Waals surface area contributed by atoms with Crippen molar-refractivity contribution in [3.63, 3.8) is 0 Å². The van der Waals surface area contributed by atoms with Crippen LogP contribution in [-0.2, 0) is 0 Å². The van der Waals surface area contributed by atoms with Crippen LogP contribution in [0.3, 0.4) is 0 Å². The van der Waals surface area contributed by atoms with E-state index in [9.17, 15) is 5.26 Å². The molecule has 2 heterocycles. The van der Waals surface area contributed by atoms with Crippen molar-refractivity contribution >= 4 is 21.8 Å². The topological polar surface area (TPSA) is 54.5 Å². The van der Waals surface area contributed by atoms with E-state index in [1.165, 1.54) is 21.8 Å². The molecule has 6 aromatic carbocycles. The average Bonchev–Trinajstić information content (AvgIpc) is 3.46. The van der Waals surface area contributed by atoms with Crippen molar-refractivity contribution in [2.45, 2.75) is 0 Å². The highest BCUT2D eigenvalue weighted by Gasteiger charge is 2.14. The van der Waals surface area contributed by atoms with E-state index in [4.69, 9.17) is 9.97 Å². The van der Waals surface area contributed by atoms with E-state index >= 15 is 0 Å². The first-order chi connectivity index (χ1) is 22.2. The average molecular weight is 575 g/mol. The normalized spacial score (nSPS) is 11.1. The zero-order valence-electron chi connectivity index (χ0n) is 24.3. The molecule has 0 N–H and O–H groups in total.